The molecule has 0 saturated heterocycles. The topological polar surface area (TPSA) is 112 Å². The van der Waals surface area contributed by atoms with Gasteiger partial charge in [-0.25, -0.2) is 0 Å². The van der Waals surface area contributed by atoms with Crippen LogP contribution in [0.15, 0.2) is 48.5 Å². The van der Waals surface area contributed by atoms with Crippen LogP contribution in [0.4, 0.5) is 5.69 Å². The zero-order valence-electron chi connectivity index (χ0n) is 18.5. The second kappa shape index (κ2) is 12.5. The average molecular weight is 471 g/mol. The fourth-order valence-electron chi connectivity index (χ4n) is 2.81. The maximum absolute atomic E-state index is 12.3. The van der Waals surface area contributed by atoms with Gasteiger partial charge in [0.1, 0.15) is 29.7 Å². The Morgan fingerprint density at radius 2 is 1.73 bits per heavy atom. The van der Waals surface area contributed by atoms with Gasteiger partial charge in [0.05, 0.1) is 13.7 Å². The van der Waals surface area contributed by atoms with Gasteiger partial charge in [-0.05, 0) is 55.3 Å². The minimum atomic E-state index is -0.365. The molecule has 0 fully saturated rings. The highest BCUT2D eigenvalue weighted by Crippen LogP contribution is 2.17. The van der Waals surface area contributed by atoms with Crippen LogP contribution in [0.2, 0.25) is 0 Å². The molecule has 0 spiro atoms. The molecule has 2 N–H and O–H groups in total. The van der Waals surface area contributed by atoms with Crippen molar-refractivity contribution >= 4 is 28.8 Å². The van der Waals surface area contributed by atoms with Crippen LogP contribution in [-0.2, 0) is 22.6 Å². The summed E-state index contributed by atoms with van der Waals surface area (Å²) in [4.78, 5) is 24.3. The number of methoxy groups -OCH3 is 1. The first-order valence-corrected chi connectivity index (χ1v) is 11.2. The lowest BCUT2D eigenvalue weighted by Crippen LogP contribution is -2.29. The fraction of sp³-hybridized carbons (Fsp3) is 0.304. The van der Waals surface area contributed by atoms with Crippen molar-refractivity contribution < 1.29 is 23.8 Å². The largest absolute Gasteiger partial charge is 0.497 e. The van der Waals surface area contributed by atoms with Crippen molar-refractivity contribution in [1.82, 2.24) is 15.5 Å². The first-order chi connectivity index (χ1) is 16.1. The van der Waals surface area contributed by atoms with Gasteiger partial charge in [-0.3, -0.25) is 9.59 Å². The molecule has 0 unspecified atom stereocenters. The van der Waals surface area contributed by atoms with E-state index in [1.54, 1.807) is 31.4 Å². The minimum absolute atomic E-state index is 0.0970. The Labute approximate surface area is 196 Å². The zero-order chi connectivity index (χ0) is 23.5. The molecule has 3 aromatic rings. The summed E-state index contributed by atoms with van der Waals surface area (Å²) < 4.78 is 15.9. The maximum Gasteiger partial charge on any atom is 0.286 e. The number of carbonyl (C=O) groups is 2. The Balaban J connectivity index is 1.34. The van der Waals surface area contributed by atoms with Crippen LogP contribution < -0.4 is 20.1 Å². The fourth-order valence-corrected chi connectivity index (χ4v) is 3.48. The zero-order valence-corrected chi connectivity index (χ0v) is 19.3. The van der Waals surface area contributed by atoms with Crippen LogP contribution in [0.5, 0.6) is 11.5 Å². The first kappa shape index (κ1) is 24.1. The number of amides is 2. The van der Waals surface area contributed by atoms with Crippen molar-refractivity contribution in [3.05, 3.63) is 64.1 Å². The second-order valence-electron chi connectivity index (χ2n) is 6.85. The van der Waals surface area contributed by atoms with E-state index < -0.39 is 0 Å². The number of benzene rings is 2. The third kappa shape index (κ3) is 7.85. The highest BCUT2D eigenvalue weighted by atomic mass is 32.1. The van der Waals surface area contributed by atoms with Gasteiger partial charge in [0.15, 0.2) is 0 Å². The van der Waals surface area contributed by atoms with Crippen LogP contribution in [0.3, 0.4) is 0 Å². The average Bonchev–Trinajstić information content (AvgIpc) is 3.30. The van der Waals surface area contributed by atoms with Crippen LogP contribution in [-0.4, -0.2) is 48.9 Å². The van der Waals surface area contributed by atoms with Gasteiger partial charge in [0.2, 0.25) is 10.9 Å². The van der Waals surface area contributed by atoms with Crippen LogP contribution >= 0.6 is 11.3 Å². The molecule has 0 aliphatic carbocycles. The van der Waals surface area contributed by atoms with Gasteiger partial charge in [-0.1, -0.05) is 23.5 Å². The van der Waals surface area contributed by atoms with E-state index in [1.165, 1.54) is 0 Å². The van der Waals surface area contributed by atoms with Gasteiger partial charge in [-0.15, -0.1) is 10.2 Å². The Morgan fingerprint density at radius 1 is 1.00 bits per heavy atom. The van der Waals surface area contributed by atoms with Crippen molar-refractivity contribution in [2.45, 2.75) is 20.0 Å². The Hall–Kier alpha value is -3.50. The monoisotopic (exact) mass is 470 g/mol. The van der Waals surface area contributed by atoms with Crippen LogP contribution in [0.1, 0.15) is 27.3 Å². The molecular weight excluding hydrogens is 444 g/mol. The lowest BCUT2D eigenvalue weighted by molar-refractivity contribution is -0.126. The number of nitrogens with one attached hydrogen (secondary N) is 2. The quantitative estimate of drug-likeness (QED) is 0.418. The molecule has 174 valence electrons. The molecule has 0 aliphatic rings. The van der Waals surface area contributed by atoms with Crippen molar-refractivity contribution in [2.24, 2.45) is 0 Å². The van der Waals surface area contributed by atoms with Crippen LogP contribution in [0.25, 0.3) is 0 Å². The normalized spacial score (nSPS) is 10.5. The summed E-state index contributed by atoms with van der Waals surface area (Å²) >= 11 is 1.11. The number of hydrogen-bond donors (Lipinski definition) is 2. The number of nitrogens with zero attached hydrogens (tertiary/aromatic N) is 2. The molecule has 0 aliphatic heterocycles. The highest BCUT2D eigenvalue weighted by molar-refractivity contribution is 7.13. The Bertz CT molecular complexity index is 1040. The summed E-state index contributed by atoms with van der Waals surface area (Å²) in [5.41, 5.74) is 1.73. The number of aromatic nitrogens is 2. The first-order valence-electron chi connectivity index (χ1n) is 10.4. The number of ether oxygens (including phenoxy) is 3. The van der Waals surface area contributed by atoms with Crippen molar-refractivity contribution in [1.29, 1.82) is 0 Å². The summed E-state index contributed by atoms with van der Waals surface area (Å²) in [6, 6.07) is 14.7. The molecule has 2 amide bonds. The highest BCUT2D eigenvalue weighted by Gasteiger charge is 2.14. The minimum Gasteiger partial charge on any atom is -0.497 e. The molecule has 9 nitrogen and oxygen atoms in total. The van der Waals surface area contributed by atoms with Gasteiger partial charge in [0.25, 0.3) is 5.91 Å². The summed E-state index contributed by atoms with van der Waals surface area (Å²) in [7, 11) is 1.57. The Kier molecular flexibility index (Phi) is 9.16. The number of anilines is 1. The van der Waals surface area contributed by atoms with E-state index in [0.29, 0.717) is 36.0 Å². The van der Waals surface area contributed by atoms with Gasteiger partial charge in [-0.2, -0.15) is 0 Å². The van der Waals surface area contributed by atoms with E-state index in [9.17, 15) is 9.59 Å². The molecule has 2 aromatic carbocycles. The van der Waals surface area contributed by atoms with E-state index in [0.717, 1.165) is 22.6 Å². The lowest BCUT2D eigenvalue weighted by atomic mass is 10.1. The predicted molar refractivity (Wildman–Crippen MR) is 125 cm³/mol. The molecule has 0 radical (unpaired) electrons. The van der Waals surface area contributed by atoms with Crippen molar-refractivity contribution in [3.63, 3.8) is 0 Å². The summed E-state index contributed by atoms with van der Waals surface area (Å²) in [6.45, 7) is 3.07. The van der Waals surface area contributed by atoms with Gasteiger partial charge < -0.3 is 24.8 Å². The van der Waals surface area contributed by atoms with E-state index in [2.05, 4.69) is 20.8 Å². The second-order valence-corrected chi connectivity index (χ2v) is 7.92. The number of rotatable bonds is 12. The molecule has 10 heteroatoms. The lowest BCUT2D eigenvalue weighted by Gasteiger charge is -2.07. The number of hydrogen-bond acceptors (Lipinski definition) is 8. The van der Waals surface area contributed by atoms with E-state index >= 15 is 0 Å². The van der Waals surface area contributed by atoms with Crippen molar-refractivity contribution in [3.8, 4) is 11.5 Å². The van der Waals surface area contributed by atoms with Gasteiger partial charge >= 0.3 is 0 Å². The summed E-state index contributed by atoms with van der Waals surface area (Å²) in [5, 5.41) is 14.1. The molecule has 1 heterocycles. The molecule has 0 bridgehead atoms. The van der Waals surface area contributed by atoms with E-state index in [4.69, 9.17) is 14.2 Å². The molecular formula is C23H26N4O5S. The SMILES string of the molecule is CCOc1ccc(CCNC(=O)COCc2nnc(C(=O)Nc3ccc(OC)cc3)s2)cc1. The van der Waals surface area contributed by atoms with Crippen LogP contribution in [0, 0.1) is 0 Å². The maximum atomic E-state index is 12.3. The standard InChI is InChI=1S/C23H26N4O5S/c1-3-32-19-8-4-16(5-9-19)12-13-24-20(28)14-31-15-21-26-27-23(33-21)22(29)25-17-6-10-18(30-2)11-7-17/h4-11H,3,12-15H2,1-2H3,(H,24,28)(H,25,29). The molecule has 0 saturated carbocycles. The third-order valence-electron chi connectivity index (χ3n) is 4.44. The predicted octanol–water partition coefficient (Wildman–Crippen LogP) is 3.07. The number of carbonyl (C=O) groups excluding carboxylic acids is 2. The molecule has 1 aromatic heterocycles. The molecule has 0 atom stereocenters. The van der Waals surface area contributed by atoms with E-state index in [-0.39, 0.29) is 30.0 Å². The third-order valence-corrected chi connectivity index (χ3v) is 5.33. The summed E-state index contributed by atoms with van der Waals surface area (Å²) in [6.07, 6.45) is 0.710. The van der Waals surface area contributed by atoms with Gasteiger partial charge in [0, 0.05) is 12.2 Å². The summed E-state index contributed by atoms with van der Waals surface area (Å²) in [5.74, 6) is 0.944. The molecule has 33 heavy (non-hydrogen) atoms. The van der Waals surface area contributed by atoms with E-state index in [1.807, 2.05) is 31.2 Å². The Morgan fingerprint density at radius 3 is 2.42 bits per heavy atom. The smallest absolute Gasteiger partial charge is 0.286 e. The molecule has 3 rings (SSSR count). The van der Waals surface area contributed by atoms with Crippen molar-refractivity contribution in [2.75, 3.05) is 32.2 Å².